The molecule has 5 heterocycles. The fraction of sp³-hybridized carbons (Fsp3) is 0.467. The lowest BCUT2D eigenvalue weighted by atomic mass is 9.96. The van der Waals surface area contributed by atoms with Gasteiger partial charge in [-0.1, -0.05) is 18.3 Å². The van der Waals surface area contributed by atoms with Crippen molar-refractivity contribution in [1.82, 2.24) is 24.2 Å². The Bertz CT molecular complexity index is 1610. The van der Waals surface area contributed by atoms with Crippen LogP contribution in [0.3, 0.4) is 0 Å². The molecule has 1 amide bonds. The standard InChI is InChI=1S/C30H33F2N7OS2/c1-3-23-28(38(4-2)30-35-27(24(15-33)41-30)20-5-7-21(31)8-6-20)39-17-25(42-29(39)34-23)19-9-12-36(13-10-19)18-26(40)37-14-11-22(32)16-37/h5-8,17,19,22H,3-4,9-14,16,18H2,1-2H3/t22-/m1/s1. The van der Waals surface area contributed by atoms with Crippen molar-refractivity contribution in [2.24, 2.45) is 0 Å². The molecule has 0 aliphatic carbocycles. The third kappa shape index (κ3) is 5.53. The van der Waals surface area contributed by atoms with Gasteiger partial charge in [0.2, 0.25) is 5.91 Å². The van der Waals surface area contributed by atoms with Crippen LogP contribution in [0.2, 0.25) is 0 Å². The Morgan fingerprint density at radius 3 is 2.52 bits per heavy atom. The number of nitrogens with zero attached hydrogens (tertiary/aromatic N) is 7. The van der Waals surface area contributed by atoms with Gasteiger partial charge in [0.1, 0.15) is 34.4 Å². The number of hydrogen-bond donors (Lipinski definition) is 0. The van der Waals surface area contributed by atoms with E-state index < -0.39 is 6.17 Å². The Kier molecular flexibility index (Phi) is 8.25. The van der Waals surface area contributed by atoms with Crippen molar-refractivity contribution in [2.75, 3.05) is 44.2 Å². The highest BCUT2D eigenvalue weighted by Gasteiger charge is 2.30. The van der Waals surface area contributed by atoms with Crippen LogP contribution in [0.15, 0.2) is 30.5 Å². The van der Waals surface area contributed by atoms with E-state index in [-0.39, 0.29) is 18.3 Å². The number of alkyl halides is 1. The second-order valence-electron chi connectivity index (χ2n) is 10.8. The summed E-state index contributed by atoms with van der Waals surface area (Å²) in [4.78, 5) is 31.1. The summed E-state index contributed by atoms with van der Waals surface area (Å²) in [6, 6.07) is 8.33. The van der Waals surface area contributed by atoms with Crippen molar-refractivity contribution in [3.63, 3.8) is 0 Å². The largest absolute Gasteiger partial charge is 0.339 e. The van der Waals surface area contributed by atoms with Gasteiger partial charge in [-0.15, -0.1) is 11.3 Å². The molecule has 0 unspecified atom stereocenters. The molecular weight excluding hydrogens is 577 g/mol. The number of rotatable bonds is 8. The van der Waals surface area contributed by atoms with Gasteiger partial charge >= 0.3 is 0 Å². The first-order valence-electron chi connectivity index (χ1n) is 14.5. The summed E-state index contributed by atoms with van der Waals surface area (Å²) in [6.07, 6.45) is 4.41. The summed E-state index contributed by atoms with van der Waals surface area (Å²) in [7, 11) is 0. The van der Waals surface area contributed by atoms with E-state index >= 15 is 0 Å². The topological polar surface area (TPSA) is 80.8 Å². The van der Waals surface area contributed by atoms with E-state index in [2.05, 4.69) is 40.3 Å². The second-order valence-corrected chi connectivity index (χ2v) is 12.9. The fourth-order valence-corrected chi connectivity index (χ4v) is 8.01. The normalized spacial score (nSPS) is 18.2. The molecule has 6 rings (SSSR count). The summed E-state index contributed by atoms with van der Waals surface area (Å²) >= 11 is 3.04. The first-order chi connectivity index (χ1) is 20.4. The number of carbonyl (C=O) groups excluding carboxylic acids is 1. The molecule has 0 radical (unpaired) electrons. The van der Waals surface area contributed by atoms with Gasteiger partial charge < -0.3 is 9.80 Å². The minimum absolute atomic E-state index is 0.0314. The maximum atomic E-state index is 13.5. The van der Waals surface area contributed by atoms with E-state index in [9.17, 15) is 18.8 Å². The number of piperidine rings is 1. The van der Waals surface area contributed by atoms with Crippen molar-refractivity contribution in [2.45, 2.75) is 51.6 Å². The summed E-state index contributed by atoms with van der Waals surface area (Å²) in [6.45, 7) is 7.57. The molecule has 12 heteroatoms. The maximum Gasteiger partial charge on any atom is 0.236 e. The van der Waals surface area contributed by atoms with Crippen LogP contribution in [0, 0.1) is 17.1 Å². The predicted octanol–water partition coefficient (Wildman–Crippen LogP) is 6.00. The molecule has 2 aliphatic heterocycles. The second kappa shape index (κ2) is 12.1. The van der Waals surface area contributed by atoms with Crippen LogP contribution >= 0.6 is 22.7 Å². The summed E-state index contributed by atoms with van der Waals surface area (Å²) in [5.41, 5.74) is 2.23. The minimum atomic E-state index is -0.889. The summed E-state index contributed by atoms with van der Waals surface area (Å²) in [5, 5.41) is 10.6. The van der Waals surface area contributed by atoms with Crippen LogP contribution in [0.5, 0.6) is 0 Å². The zero-order chi connectivity index (χ0) is 29.4. The van der Waals surface area contributed by atoms with Crippen LogP contribution in [-0.2, 0) is 11.2 Å². The minimum Gasteiger partial charge on any atom is -0.339 e. The first kappa shape index (κ1) is 28.7. The quantitative estimate of drug-likeness (QED) is 0.244. The average molecular weight is 610 g/mol. The third-order valence-electron chi connectivity index (χ3n) is 8.19. The van der Waals surface area contributed by atoms with Crippen LogP contribution in [0.4, 0.5) is 19.7 Å². The predicted molar refractivity (Wildman–Crippen MR) is 162 cm³/mol. The van der Waals surface area contributed by atoms with Crippen molar-refractivity contribution < 1.29 is 13.6 Å². The number of nitriles is 1. The molecule has 2 saturated heterocycles. The number of carbonyl (C=O) groups is 1. The smallest absolute Gasteiger partial charge is 0.236 e. The van der Waals surface area contributed by atoms with Gasteiger partial charge in [0.25, 0.3) is 0 Å². The molecule has 8 nitrogen and oxygen atoms in total. The molecule has 42 heavy (non-hydrogen) atoms. The Labute approximate surface area is 251 Å². The number of amides is 1. The van der Waals surface area contributed by atoms with E-state index in [1.165, 1.54) is 28.3 Å². The number of hydrogen-bond acceptors (Lipinski definition) is 8. The average Bonchev–Trinajstić information content (AvgIpc) is 3.78. The molecule has 0 spiro atoms. The molecule has 220 valence electrons. The van der Waals surface area contributed by atoms with E-state index in [1.54, 1.807) is 28.4 Å². The van der Waals surface area contributed by atoms with E-state index in [1.807, 2.05) is 0 Å². The number of aromatic nitrogens is 3. The highest BCUT2D eigenvalue weighted by molar-refractivity contribution is 7.17. The first-order valence-corrected chi connectivity index (χ1v) is 16.1. The number of thiazole rings is 2. The number of anilines is 2. The molecule has 2 aliphatic rings. The van der Waals surface area contributed by atoms with Crippen molar-refractivity contribution >= 4 is 44.5 Å². The zero-order valence-corrected chi connectivity index (χ0v) is 25.4. The fourth-order valence-electron chi connectivity index (χ4n) is 5.90. The Balaban J connectivity index is 1.22. The van der Waals surface area contributed by atoms with Gasteiger partial charge in [0.15, 0.2) is 10.1 Å². The molecule has 3 aromatic heterocycles. The lowest BCUT2D eigenvalue weighted by Gasteiger charge is -2.32. The lowest BCUT2D eigenvalue weighted by molar-refractivity contribution is -0.131. The van der Waals surface area contributed by atoms with E-state index in [4.69, 9.17) is 9.97 Å². The molecule has 0 bridgehead atoms. The third-order valence-corrected chi connectivity index (χ3v) is 10.3. The van der Waals surface area contributed by atoms with Gasteiger partial charge in [-0.2, -0.15) is 5.26 Å². The maximum absolute atomic E-state index is 13.5. The molecule has 0 saturated carbocycles. The SMILES string of the molecule is CCc1nc2sc(C3CCN(CC(=O)N4CC[C@@H](F)C4)CC3)cn2c1N(CC)c1nc(-c2ccc(F)cc2)c(C#N)s1. The number of aryl methyl sites for hydroxylation is 1. The van der Waals surface area contributed by atoms with Crippen LogP contribution in [-0.4, -0.2) is 75.5 Å². The number of likely N-dealkylation sites (tertiary alicyclic amines) is 2. The molecular formula is C30H33F2N7OS2. The van der Waals surface area contributed by atoms with Gasteiger partial charge in [-0.25, -0.2) is 18.7 Å². The lowest BCUT2D eigenvalue weighted by Crippen LogP contribution is -2.42. The van der Waals surface area contributed by atoms with Crippen molar-refractivity contribution in [3.05, 3.63) is 51.7 Å². The van der Waals surface area contributed by atoms with Gasteiger partial charge in [0, 0.05) is 29.7 Å². The Morgan fingerprint density at radius 2 is 1.88 bits per heavy atom. The Morgan fingerprint density at radius 1 is 1.12 bits per heavy atom. The molecule has 1 aromatic carbocycles. The number of halogens is 2. The van der Waals surface area contributed by atoms with Crippen LogP contribution in [0.25, 0.3) is 16.2 Å². The van der Waals surface area contributed by atoms with Gasteiger partial charge in [-0.3, -0.25) is 14.1 Å². The molecule has 1 atom stereocenters. The van der Waals surface area contributed by atoms with E-state index in [0.29, 0.717) is 53.2 Å². The van der Waals surface area contributed by atoms with Gasteiger partial charge in [-0.05, 0) is 75.9 Å². The van der Waals surface area contributed by atoms with Gasteiger partial charge in [0.05, 0.1) is 18.8 Å². The summed E-state index contributed by atoms with van der Waals surface area (Å²) in [5.74, 6) is 1.04. The summed E-state index contributed by atoms with van der Waals surface area (Å²) < 4.78 is 29.2. The highest BCUT2D eigenvalue weighted by atomic mass is 32.1. The molecule has 0 N–H and O–H groups in total. The van der Waals surface area contributed by atoms with Crippen LogP contribution in [0.1, 0.15) is 54.5 Å². The Hall–Kier alpha value is -3.40. The molecule has 4 aromatic rings. The van der Waals surface area contributed by atoms with Crippen molar-refractivity contribution in [1.29, 1.82) is 5.26 Å². The highest BCUT2D eigenvalue weighted by Crippen LogP contribution is 2.40. The number of fused-ring (bicyclic) bond motifs is 1. The number of benzene rings is 1. The van der Waals surface area contributed by atoms with Crippen molar-refractivity contribution in [3.8, 4) is 17.3 Å². The number of imidazole rings is 1. The zero-order valence-electron chi connectivity index (χ0n) is 23.7. The van der Waals surface area contributed by atoms with Crippen LogP contribution < -0.4 is 4.90 Å². The molecule has 2 fully saturated rings. The monoisotopic (exact) mass is 609 g/mol. The van der Waals surface area contributed by atoms with E-state index in [0.717, 1.165) is 48.8 Å².